The quantitative estimate of drug-likeness (QED) is 0.846. The van der Waals surface area contributed by atoms with Crippen molar-refractivity contribution in [1.82, 2.24) is 19.4 Å². The number of carbonyl (C=O) groups is 1. The van der Waals surface area contributed by atoms with Gasteiger partial charge in [-0.05, 0) is 19.3 Å². The van der Waals surface area contributed by atoms with E-state index in [0.29, 0.717) is 12.6 Å². The van der Waals surface area contributed by atoms with Crippen LogP contribution >= 0.6 is 0 Å². The number of aromatic nitrogens is 2. The van der Waals surface area contributed by atoms with Crippen LogP contribution in [0.15, 0.2) is 12.4 Å². The molecule has 114 valence electrons. The third-order valence-corrected chi connectivity index (χ3v) is 5.13. The maximum absolute atomic E-state index is 11.8. The van der Waals surface area contributed by atoms with Crippen LogP contribution in [-0.2, 0) is 11.3 Å². The van der Waals surface area contributed by atoms with Gasteiger partial charge in [0.15, 0.2) is 0 Å². The molecular weight excluding hydrogens is 268 g/mol. The maximum Gasteiger partial charge on any atom is 0.410 e. The molecular formula is C15H22N4O2. The van der Waals surface area contributed by atoms with Gasteiger partial charge >= 0.3 is 6.09 Å². The number of cyclic esters (lactones) is 1. The van der Waals surface area contributed by atoms with Gasteiger partial charge in [0.25, 0.3) is 0 Å². The third kappa shape index (κ3) is 2.12. The molecule has 0 aromatic carbocycles. The maximum atomic E-state index is 11.8. The fraction of sp³-hybridized carbons (Fsp3) is 0.733. The van der Waals surface area contributed by atoms with E-state index in [-0.39, 0.29) is 11.6 Å². The van der Waals surface area contributed by atoms with Crippen LogP contribution in [0.2, 0.25) is 0 Å². The van der Waals surface area contributed by atoms with E-state index in [1.807, 2.05) is 11.1 Å². The number of hydrogen-bond donors (Lipinski definition) is 0. The van der Waals surface area contributed by atoms with Gasteiger partial charge in [0.05, 0.1) is 12.1 Å². The Kier molecular flexibility index (Phi) is 2.96. The first-order valence-corrected chi connectivity index (χ1v) is 7.90. The summed E-state index contributed by atoms with van der Waals surface area (Å²) in [5, 5.41) is 0. The second-order valence-electron chi connectivity index (χ2n) is 6.48. The first-order valence-electron chi connectivity index (χ1n) is 7.90. The number of fused-ring (bicyclic) bond motifs is 1. The molecule has 6 heteroatoms. The largest absolute Gasteiger partial charge is 0.447 e. The highest BCUT2D eigenvalue weighted by Gasteiger charge is 2.49. The van der Waals surface area contributed by atoms with Crippen LogP contribution in [-0.4, -0.2) is 57.2 Å². The molecule has 0 N–H and O–H groups in total. The van der Waals surface area contributed by atoms with Crippen molar-refractivity contribution in [3.05, 3.63) is 18.2 Å². The van der Waals surface area contributed by atoms with E-state index in [2.05, 4.69) is 27.6 Å². The lowest BCUT2D eigenvalue weighted by atomic mass is 9.93. The SMILES string of the molecule is CCC12COC(=O)N1CCN(Cc1nccn1C1CC1)C2. The molecule has 4 rings (SSSR count). The average Bonchev–Trinajstić information content (AvgIpc) is 3.16. The number of hydrogen-bond acceptors (Lipinski definition) is 4. The summed E-state index contributed by atoms with van der Waals surface area (Å²) in [6, 6.07) is 0.667. The Morgan fingerprint density at radius 3 is 3.05 bits per heavy atom. The van der Waals surface area contributed by atoms with Crippen LogP contribution in [0.3, 0.4) is 0 Å². The van der Waals surface area contributed by atoms with Gasteiger partial charge in [-0.1, -0.05) is 6.92 Å². The van der Waals surface area contributed by atoms with Gasteiger partial charge < -0.3 is 9.30 Å². The number of ether oxygens (including phenoxy) is 1. The molecule has 3 aliphatic rings. The van der Waals surface area contributed by atoms with Crippen LogP contribution in [0.5, 0.6) is 0 Å². The summed E-state index contributed by atoms with van der Waals surface area (Å²) in [6.45, 7) is 6.07. The van der Waals surface area contributed by atoms with Gasteiger partial charge in [0.1, 0.15) is 12.4 Å². The van der Waals surface area contributed by atoms with Crippen LogP contribution in [0, 0.1) is 0 Å². The van der Waals surface area contributed by atoms with E-state index in [1.54, 1.807) is 0 Å². The zero-order valence-electron chi connectivity index (χ0n) is 12.5. The zero-order chi connectivity index (χ0) is 14.4. The van der Waals surface area contributed by atoms with Crippen molar-refractivity contribution in [2.45, 2.75) is 44.3 Å². The molecule has 1 unspecified atom stereocenters. The number of nitrogens with zero attached hydrogens (tertiary/aromatic N) is 4. The smallest absolute Gasteiger partial charge is 0.410 e. The number of amides is 1. The van der Waals surface area contributed by atoms with Gasteiger partial charge in [-0.25, -0.2) is 9.78 Å². The monoisotopic (exact) mass is 290 g/mol. The lowest BCUT2D eigenvalue weighted by Crippen LogP contribution is -2.60. The Morgan fingerprint density at radius 2 is 2.29 bits per heavy atom. The summed E-state index contributed by atoms with van der Waals surface area (Å²) < 4.78 is 7.61. The minimum atomic E-state index is -0.143. The molecule has 1 amide bonds. The lowest BCUT2D eigenvalue weighted by molar-refractivity contribution is 0.0431. The van der Waals surface area contributed by atoms with Crippen molar-refractivity contribution in [3.8, 4) is 0 Å². The zero-order valence-corrected chi connectivity index (χ0v) is 12.5. The molecule has 0 radical (unpaired) electrons. The van der Waals surface area contributed by atoms with E-state index in [9.17, 15) is 4.79 Å². The van der Waals surface area contributed by atoms with Crippen molar-refractivity contribution >= 4 is 6.09 Å². The standard InChI is InChI=1S/C15H22N4O2/c1-2-15-10-17(7-8-19(15)14(20)21-11-15)9-13-16-5-6-18(13)12-3-4-12/h5-6,12H,2-4,7-11H2,1H3. The molecule has 3 fully saturated rings. The Balaban J connectivity index is 1.49. The summed E-state index contributed by atoms with van der Waals surface area (Å²) in [6.07, 6.45) is 7.35. The third-order valence-electron chi connectivity index (χ3n) is 5.13. The van der Waals surface area contributed by atoms with Crippen LogP contribution in [0.4, 0.5) is 4.79 Å². The van der Waals surface area contributed by atoms with Crippen molar-refractivity contribution in [2.75, 3.05) is 26.2 Å². The second kappa shape index (κ2) is 4.73. The molecule has 2 saturated heterocycles. The predicted molar refractivity (Wildman–Crippen MR) is 76.9 cm³/mol. The highest BCUT2D eigenvalue weighted by atomic mass is 16.6. The molecule has 1 aliphatic carbocycles. The number of carbonyl (C=O) groups excluding carboxylic acids is 1. The van der Waals surface area contributed by atoms with Crippen LogP contribution in [0.25, 0.3) is 0 Å². The highest BCUT2D eigenvalue weighted by molar-refractivity contribution is 5.71. The van der Waals surface area contributed by atoms with E-state index in [0.717, 1.165) is 38.4 Å². The molecule has 0 spiro atoms. The molecule has 1 saturated carbocycles. The molecule has 1 aromatic heterocycles. The summed E-state index contributed by atoms with van der Waals surface area (Å²) in [5.74, 6) is 1.16. The number of imidazole rings is 1. The van der Waals surface area contributed by atoms with Crippen molar-refractivity contribution in [2.24, 2.45) is 0 Å². The minimum absolute atomic E-state index is 0.133. The van der Waals surface area contributed by atoms with Crippen molar-refractivity contribution in [1.29, 1.82) is 0 Å². The number of rotatable bonds is 4. The summed E-state index contributed by atoms with van der Waals surface area (Å²) in [4.78, 5) is 20.7. The minimum Gasteiger partial charge on any atom is -0.447 e. The number of piperazine rings is 1. The van der Waals surface area contributed by atoms with E-state index < -0.39 is 0 Å². The molecule has 1 aromatic rings. The van der Waals surface area contributed by atoms with Crippen LogP contribution < -0.4 is 0 Å². The Hall–Kier alpha value is -1.56. The van der Waals surface area contributed by atoms with Gasteiger partial charge in [-0.3, -0.25) is 9.80 Å². The first kappa shape index (κ1) is 13.1. The predicted octanol–water partition coefficient (Wildman–Crippen LogP) is 1.63. The topological polar surface area (TPSA) is 50.6 Å². The fourth-order valence-electron chi connectivity index (χ4n) is 3.63. The Bertz CT molecular complexity index is 554. The Labute approximate surface area is 124 Å². The van der Waals surface area contributed by atoms with Gasteiger partial charge in [0.2, 0.25) is 0 Å². The average molecular weight is 290 g/mol. The molecule has 6 nitrogen and oxygen atoms in total. The Morgan fingerprint density at radius 1 is 1.43 bits per heavy atom. The van der Waals surface area contributed by atoms with E-state index in [1.165, 1.54) is 12.8 Å². The van der Waals surface area contributed by atoms with Gasteiger partial charge in [0, 0.05) is 38.1 Å². The molecule has 1 atom stereocenters. The van der Waals surface area contributed by atoms with Gasteiger partial charge in [-0.2, -0.15) is 0 Å². The van der Waals surface area contributed by atoms with Crippen molar-refractivity contribution < 1.29 is 9.53 Å². The molecule has 21 heavy (non-hydrogen) atoms. The van der Waals surface area contributed by atoms with E-state index >= 15 is 0 Å². The molecule has 3 heterocycles. The molecule has 0 bridgehead atoms. The lowest BCUT2D eigenvalue weighted by Gasteiger charge is -2.44. The first-order chi connectivity index (χ1) is 10.2. The van der Waals surface area contributed by atoms with Crippen LogP contribution in [0.1, 0.15) is 38.1 Å². The highest BCUT2D eigenvalue weighted by Crippen LogP contribution is 2.36. The van der Waals surface area contributed by atoms with Crippen molar-refractivity contribution in [3.63, 3.8) is 0 Å². The second-order valence-corrected chi connectivity index (χ2v) is 6.48. The summed E-state index contributed by atoms with van der Waals surface area (Å²) >= 11 is 0. The van der Waals surface area contributed by atoms with Gasteiger partial charge in [-0.15, -0.1) is 0 Å². The summed E-state index contributed by atoms with van der Waals surface area (Å²) in [7, 11) is 0. The molecule has 2 aliphatic heterocycles. The fourth-order valence-corrected chi connectivity index (χ4v) is 3.63. The van der Waals surface area contributed by atoms with E-state index in [4.69, 9.17) is 4.74 Å². The summed E-state index contributed by atoms with van der Waals surface area (Å²) in [5.41, 5.74) is -0.133. The normalized spacial score (nSPS) is 29.6.